The Morgan fingerprint density at radius 1 is 0.875 bits per heavy atom. The number of amides is 1. The molecule has 7 nitrogen and oxygen atoms in total. The van der Waals surface area contributed by atoms with Gasteiger partial charge in [-0.2, -0.15) is 8.42 Å². The molecule has 1 aliphatic heterocycles. The molecule has 1 aliphatic rings. The van der Waals surface area contributed by atoms with Crippen LogP contribution in [0.4, 0.5) is 0 Å². The number of carbonyl (C=O) groups is 1. The zero-order valence-electron chi connectivity index (χ0n) is 16.6. The summed E-state index contributed by atoms with van der Waals surface area (Å²) in [6.07, 6.45) is 0.538. The zero-order chi connectivity index (χ0) is 23.0. The molecule has 3 aromatic rings. The van der Waals surface area contributed by atoms with E-state index in [2.05, 4.69) is 4.99 Å². The third-order valence-corrected chi connectivity index (χ3v) is 6.48. The minimum atomic E-state index is -4.08. The van der Waals surface area contributed by atoms with E-state index in [0.717, 1.165) is 0 Å². The van der Waals surface area contributed by atoms with Crippen LogP contribution in [0.15, 0.2) is 53.5 Å². The highest BCUT2D eigenvalue weighted by molar-refractivity contribution is 7.85. The Morgan fingerprint density at radius 2 is 1.44 bits per heavy atom. The van der Waals surface area contributed by atoms with E-state index >= 15 is 0 Å². The summed E-state index contributed by atoms with van der Waals surface area (Å²) in [6, 6.07) is 13.6. The van der Waals surface area contributed by atoms with Crippen molar-refractivity contribution < 1.29 is 22.9 Å². The van der Waals surface area contributed by atoms with Crippen LogP contribution >= 0.6 is 23.2 Å². The van der Waals surface area contributed by atoms with Crippen LogP contribution in [0.25, 0.3) is 11.3 Å². The quantitative estimate of drug-likeness (QED) is 0.362. The molecule has 0 bridgehead atoms. The molecule has 1 amide bonds. The number of aromatic hydroxyl groups is 1. The number of aliphatic imine (C=N–C) groups is 1. The molecular formula is C22H18Cl2N2O5S. The van der Waals surface area contributed by atoms with Gasteiger partial charge in [-0.15, -0.1) is 0 Å². The largest absolute Gasteiger partial charge is 0.494 e. The van der Waals surface area contributed by atoms with Crippen molar-refractivity contribution >= 4 is 44.9 Å². The molecule has 4 rings (SSSR count). The summed E-state index contributed by atoms with van der Waals surface area (Å²) in [7, 11) is -4.08. The summed E-state index contributed by atoms with van der Waals surface area (Å²) in [5, 5.41) is 12.2. The van der Waals surface area contributed by atoms with Gasteiger partial charge in [0.1, 0.15) is 0 Å². The molecule has 2 N–H and O–H groups in total. The molecule has 166 valence electrons. The number of nitrogens with zero attached hydrogens (tertiary/aromatic N) is 2. The molecule has 0 aliphatic carbocycles. The van der Waals surface area contributed by atoms with Gasteiger partial charge in [-0.3, -0.25) is 9.35 Å². The molecule has 0 fully saturated rings. The van der Waals surface area contributed by atoms with Crippen LogP contribution < -0.4 is 0 Å². The summed E-state index contributed by atoms with van der Waals surface area (Å²) in [5.41, 5.74) is 2.68. The van der Waals surface area contributed by atoms with E-state index in [0.29, 0.717) is 44.6 Å². The smallest absolute Gasteiger partial charge is 0.280 e. The number of hydrogen-bond donors (Lipinski definition) is 2. The highest BCUT2D eigenvalue weighted by Crippen LogP contribution is 2.41. The highest BCUT2D eigenvalue weighted by atomic mass is 35.5. The van der Waals surface area contributed by atoms with Gasteiger partial charge in [-0.1, -0.05) is 47.5 Å². The summed E-state index contributed by atoms with van der Waals surface area (Å²) in [6.45, 7) is 0.230. The SMILES string of the molecule is O=C1N=C(c2ccc(Cl)cc2)c2c1c(-c1ccc(Cl)cc1)n(CCCCS(=O)(=O)O)c2O. The highest BCUT2D eigenvalue weighted by Gasteiger charge is 2.36. The van der Waals surface area contributed by atoms with Crippen molar-refractivity contribution in [3.63, 3.8) is 0 Å². The van der Waals surface area contributed by atoms with Crippen molar-refractivity contribution in [1.29, 1.82) is 0 Å². The molecule has 32 heavy (non-hydrogen) atoms. The van der Waals surface area contributed by atoms with Crippen molar-refractivity contribution in [2.24, 2.45) is 4.99 Å². The molecule has 1 aromatic heterocycles. The first-order valence-electron chi connectivity index (χ1n) is 9.71. The van der Waals surface area contributed by atoms with E-state index in [4.69, 9.17) is 27.8 Å². The second kappa shape index (κ2) is 8.71. The number of aromatic nitrogens is 1. The maximum Gasteiger partial charge on any atom is 0.280 e. The minimum absolute atomic E-state index is 0.142. The fraction of sp³-hybridized carbons (Fsp3) is 0.182. The average Bonchev–Trinajstić information content (AvgIpc) is 3.21. The number of rotatable bonds is 7. The first kappa shape index (κ1) is 22.5. The maximum atomic E-state index is 12.9. The third kappa shape index (κ3) is 4.45. The van der Waals surface area contributed by atoms with Gasteiger partial charge in [0.05, 0.1) is 28.3 Å². The topological polar surface area (TPSA) is 109 Å². The lowest BCUT2D eigenvalue weighted by molar-refractivity contribution is 0.101. The summed E-state index contributed by atoms with van der Waals surface area (Å²) in [5.74, 6) is -1.01. The van der Waals surface area contributed by atoms with E-state index in [-0.39, 0.29) is 30.2 Å². The van der Waals surface area contributed by atoms with Gasteiger partial charge < -0.3 is 9.67 Å². The number of fused-ring (bicyclic) bond motifs is 1. The Morgan fingerprint density at radius 3 is 2.00 bits per heavy atom. The van der Waals surface area contributed by atoms with Crippen molar-refractivity contribution in [3.05, 3.63) is 75.3 Å². The van der Waals surface area contributed by atoms with Gasteiger partial charge in [0.25, 0.3) is 16.0 Å². The average molecular weight is 493 g/mol. The molecule has 0 spiro atoms. The normalized spacial score (nSPS) is 13.3. The van der Waals surface area contributed by atoms with Gasteiger partial charge in [0.15, 0.2) is 0 Å². The molecule has 2 heterocycles. The van der Waals surface area contributed by atoms with E-state index in [1.54, 1.807) is 53.1 Å². The second-order valence-corrected chi connectivity index (χ2v) is 9.79. The summed E-state index contributed by atoms with van der Waals surface area (Å²) < 4.78 is 32.6. The Hall–Kier alpha value is -2.65. The van der Waals surface area contributed by atoms with Gasteiger partial charge in [-0.05, 0) is 42.7 Å². The van der Waals surface area contributed by atoms with Crippen LogP contribution in [0.2, 0.25) is 10.0 Å². The number of halogens is 2. The zero-order valence-corrected chi connectivity index (χ0v) is 19.0. The third-order valence-electron chi connectivity index (χ3n) is 5.17. The standard InChI is InChI=1S/C22H18Cl2N2O5S/c23-15-7-3-13(4-8-15)19-17-18(21(27)25-19)20(14-5-9-16(24)10-6-14)26(22(17)28)11-1-2-12-32(29,30)31/h3-10,28H,1-2,11-12H2,(H,29,30,31). The van der Waals surface area contributed by atoms with Crippen molar-refractivity contribution in [2.75, 3.05) is 5.75 Å². The van der Waals surface area contributed by atoms with Crippen LogP contribution in [-0.2, 0) is 16.7 Å². The molecule has 0 unspecified atom stereocenters. The Kier molecular flexibility index (Phi) is 6.13. The number of unbranched alkanes of at least 4 members (excludes halogenated alkanes) is 1. The van der Waals surface area contributed by atoms with E-state index in [9.17, 15) is 18.3 Å². The second-order valence-electron chi connectivity index (χ2n) is 7.35. The maximum absolute atomic E-state index is 12.9. The van der Waals surface area contributed by atoms with Crippen molar-refractivity contribution in [1.82, 2.24) is 4.57 Å². The fourth-order valence-corrected chi connectivity index (χ4v) is 4.57. The van der Waals surface area contributed by atoms with E-state index < -0.39 is 16.0 Å². The lowest BCUT2D eigenvalue weighted by Gasteiger charge is -2.12. The monoisotopic (exact) mass is 492 g/mol. The van der Waals surface area contributed by atoms with Gasteiger partial charge in [0.2, 0.25) is 5.88 Å². The lowest BCUT2D eigenvalue weighted by atomic mass is 10.0. The van der Waals surface area contributed by atoms with Gasteiger partial charge in [0, 0.05) is 22.2 Å². The summed E-state index contributed by atoms with van der Waals surface area (Å²) >= 11 is 12.0. The van der Waals surface area contributed by atoms with Crippen LogP contribution in [0.3, 0.4) is 0 Å². The van der Waals surface area contributed by atoms with Crippen molar-refractivity contribution in [2.45, 2.75) is 19.4 Å². The molecule has 0 saturated carbocycles. The van der Waals surface area contributed by atoms with Crippen LogP contribution in [0.5, 0.6) is 5.88 Å². The molecule has 0 radical (unpaired) electrons. The molecule has 0 saturated heterocycles. The predicted molar refractivity (Wildman–Crippen MR) is 124 cm³/mol. The van der Waals surface area contributed by atoms with Crippen LogP contribution in [-0.4, -0.2) is 40.0 Å². The lowest BCUT2D eigenvalue weighted by Crippen LogP contribution is -2.07. The predicted octanol–water partition coefficient (Wildman–Crippen LogP) is 4.83. The van der Waals surface area contributed by atoms with Crippen molar-refractivity contribution in [3.8, 4) is 17.1 Å². The van der Waals surface area contributed by atoms with Crippen LogP contribution in [0.1, 0.15) is 34.3 Å². The number of hydrogen-bond acceptors (Lipinski definition) is 4. The Bertz CT molecular complexity index is 1330. The van der Waals surface area contributed by atoms with Gasteiger partial charge in [-0.25, -0.2) is 4.99 Å². The molecule has 10 heteroatoms. The Balaban J connectivity index is 1.81. The molecule has 2 aromatic carbocycles. The Labute approximate surface area is 194 Å². The first-order valence-corrected chi connectivity index (χ1v) is 12.1. The first-order chi connectivity index (χ1) is 15.2. The van der Waals surface area contributed by atoms with Gasteiger partial charge >= 0.3 is 0 Å². The fourth-order valence-electron chi connectivity index (χ4n) is 3.75. The number of carbonyl (C=O) groups excluding carboxylic acids is 1. The number of benzene rings is 2. The minimum Gasteiger partial charge on any atom is -0.494 e. The molecule has 0 atom stereocenters. The summed E-state index contributed by atoms with van der Waals surface area (Å²) in [4.78, 5) is 17.1. The van der Waals surface area contributed by atoms with Crippen LogP contribution in [0, 0.1) is 0 Å². The van der Waals surface area contributed by atoms with E-state index in [1.807, 2.05) is 0 Å². The van der Waals surface area contributed by atoms with E-state index in [1.165, 1.54) is 0 Å². The molecular weight excluding hydrogens is 475 g/mol.